The van der Waals surface area contributed by atoms with Crippen LogP contribution in [0.3, 0.4) is 0 Å². The van der Waals surface area contributed by atoms with Crippen LogP contribution in [0.2, 0.25) is 0 Å². The summed E-state index contributed by atoms with van der Waals surface area (Å²) >= 11 is 0. The highest BCUT2D eigenvalue weighted by molar-refractivity contribution is 7.89. The number of rotatable bonds is 5. The van der Waals surface area contributed by atoms with Gasteiger partial charge in [0.1, 0.15) is 6.61 Å². The Kier molecular flexibility index (Phi) is 5.76. The summed E-state index contributed by atoms with van der Waals surface area (Å²) < 4.78 is 26.9. The molecule has 2 rings (SSSR count). The molecule has 1 aromatic carbocycles. The number of nitrogens with one attached hydrogen (secondary N) is 1. The summed E-state index contributed by atoms with van der Waals surface area (Å²) in [6, 6.07) is 6.33. The Balaban J connectivity index is 1.91. The lowest BCUT2D eigenvalue weighted by Crippen LogP contribution is -2.33. The van der Waals surface area contributed by atoms with E-state index in [1.54, 1.807) is 12.1 Å². The maximum absolute atomic E-state index is 12.1. The predicted molar refractivity (Wildman–Crippen MR) is 81.3 cm³/mol. The molecule has 1 aliphatic heterocycles. The lowest BCUT2D eigenvalue weighted by molar-refractivity contribution is 0.344. The molecule has 0 atom stereocenters. The van der Waals surface area contributed by atoms with Crippen LogP contribution in [0.4, 0.5) is 0 Å². The van der Waals surface area contributed by atoms with E-state index in [0.29, 0.717) is 12.1 Å². The van der Waals surface area contributed by atoms with E-state index in [2.05, 4.69) is 21.5 Å². The fourth-order valence-electron chi connectivity index (χ4n) is 2.29. The van der Waals surface area contributed by atoms with Gasteiger partial charge in [-0.25, -0.2) is 13.1 Å². The van der Waals surface area contributed by atoms with Crippen molar-refractivity contribution in [3.8, 4) is 11.8 Å². The van der Waals surface area contributed by atoms with Gasteiger partial charge < -0.3 is 10.0 Å². The number of aliphatic hydroxyl groups excluding tert-OH is 1. The summed E-state index contributed by atoms with van der Waals surface area (Å²) in [6.07, 6.45) is 2.40. The van der Waals surface area contributed by atoms with Crippen LogP contribution >= 0.6 is 0 Å². The number of benzene rings is 1. The first-order chi connectivity index (χ1) is 10.1. The van der Waals surface area contributed by atoms with Gasteiger partial charge in [0.05, 0.1) is 4.90 Å². The Hall–Kier alpha value is -1.39. The lowest BCUT2D eigenvalue weighted by atomic mass is 10.2. The van der Waals surface area contributed by atoms with E-state index in [0.717, 1.165) is 19.6 Å². The number of aliphatic hydroxyl groups is 1. The van der Waals surface area contributed by atoms with Crippen molar-refractivity contribution in [3.63, 3.8) is 0 Å². The van der Waals surface area contributed by atoms with E-state index >= 15 is 0 Å². The van der Waals surface area contributed by atoms with Crippen molar-refractivity contribution < 1.29 is 13.5 Å². The number of hydrogen-bond acceptors (Lipinski definition) is 4. The molecule has 114 valence electrons. The van der Waals surface area contributed by atoms with Gasteiger partial charge in [-0.05, 0) is 50.2 Å². The molecular formula is C15H20N2O3S. The molecule has 0 bridgehead atoms. The van der Waals surface area contributed by atoms with Gasteiger partial charge in [-0.15, -0.1) is 0 Å². The smallest absolute Gasteiger partial charge is 0.240 e. The first-order valence-corrected chi connectivity index (χ1v) is 8.52. The van der Waals surface area contributed by atoms with Crippen molar-refractivity contribution in [2.24, 2.45) is 0 Å². The van der Waals surface area contributed by atoms with Crippen LogP contribution in [0.1, 0.15) is 18.4 Å². The van der Waals surface area contributed by atoms with Gasteiger partial charge in [0.25, 0.3) is 0 Å². The van der Waals surface area contributed by atoms with E-state index in [4.69, 9.17) is 5.11 Å². The molecule has 0 spiro atoms. The molecule has 0 radical (unpaired) electrons. The molecule has 1 heterocycles. The van der Waals surface area contributed by atoms with Crippen molar-refractivity contribution in [1.29, 1.82) is 0 Å². The first kappa shape index (κ1) is 16.0. The zero-order valence-corrected chi connectivity index (χ0v) is 12.7. The van der Waals surface area contributed by atoms with Crippen LogP contribution in [-0.2, 0) is 10.0 Å². The highest BCUT2D eigenvalue weighted by Gasteiger charge is 2.15. The number of nitrogens with zero attached hydrogens (tertiary/aromatic N) is 1. The minimum Gasteiger partial charge on any atom is -0.384 e. The van der Waals surface area contributed by atoms with Crippen LogP contribution in [0.15, 0.2) is 29.2 Å². The van der Waals surface area contributed by atoms with Crippen LogP contribution in [0.5, 0.6) is 0 Å². The van der Waals surface area contributed by atoms with Crippen molar-refractivity contribution >= 4 is 10.0 Å². The largest absolute Gasteiger partial charge is 0.384 e. The third-order valence-electron chi connectivity index (χ3n) is 3.40. The van der Waals surface area contributed by atoms with Gasteiger partial charge in [-0.3, -0.25) is 0 Å². The average molecular weight is 308 g/mol. The highest BCUT2D eigenvalue weighted by Crippen LogP contribution is 2.10. The van der Waals surface area contributed by atoms with Gasteiger partial charge >= 0.3 is 0 Å². The average Bonchev–Trinajstić information content (AvgIpc) is 2.98. The topological polar surface area (TPSA) is 69.6 Å². The lowest BCUT2D eigenvalue weighted by Gasteiger charge is -2.14. The van der Waals surface area contributed by atoms with Gasteiger partial charge in [0.15, 0.2) is 0 Å². The third-order valence-corrected chi connectivity index (χ3v) is 4.87. The van der Waals surface area contributed by atoms with E-state index < -0.39 is 10.0 Å². The quantitative estimate of drug-likeness (QED) is 0.773. The third kappa shape index (κ3) is 4.83. The van der Waals surface area contributed by atoms with E-state index in [1.807, 2.05) is 0 Å². The normalized spacial score (nSPS) is 15.7. The van der Waals surface area contributed by atoms with Crippen LogP contribution in [0, 0.1) is 11.8 Å². The Labute approximate surface area is 126 Å². The highest BCUT2D eigenvalue weighted by atomic mass is 32.2. The van der Waals surface area contributed by atoms with Crippen molar-refractivity contribution in [1.82, 2.24) is 9.62 Å². The van der Waals surface area contributed by atoms with E-state index in [-0.39, 0.29) is 11.5 Å². The Morgan fingerprint density at radius 2 is 1.86 bits per heavy atom. The molecule has 1 aliphatic rings. The van der Waals surface area contributed by atoms with Gasteiger partial charge in [-0.2, -0.15) is 0 Å². The summed E-state index contributed by atoms with van der Waals surface area (Å²) in [4.78, 5) is 2.49. The predicted octanol–water partition coefficient (Wildman–Crippen LogP) is 0.404. The molecule has 0 unspecified atom stereocenters. The molecule has 2 N–H and O–H groups in total. The fraction of sp³-hybridized carbons (Fsp3) is 0.467. The van der Waals surface area contributed by atoms with Gasteiger partial charge in [0.2, 0.25) is 10.0 Å². The summed E-state index contributed by atoms with van der Waals surface area (Å²) in [6.45, 7) is 3.08. The van der Waals surface area contributed by atoms with E-state index in [9.17, 15) is 8.42 Å². The summed E-state index contributed by atoms with van der Waals surface area (Å²) in [5, 5.41) is 8.61. The second-order valence-electron chi connectivity index (χ2n) is 4.93. The fourth-order valence-corrected chi connectivity index (χ4v) is 3.31. The van der Waals surface area contributed by atoms with Crippen molar-refractivity contribution in [2.45, 2.75) is 17.7 Å². The van der Waals surface area contributed by atoms with Crippen LogP contribution in [0.25, 0.3) is 0 Å². The maximum Gasteiger partial charge on any atom is 0.240 e. The number of hydrogen-bond donors (Lipinski definition) is 2. The summed E-state index contributed by atoms with van der Waals surface area (Å²) in [5.74, 6) is 5.25. The molecule has 5 nitrogen and oxygen atoms in total. The molecule has 21 heavy (non-hydrogen) atoms. The molecule has 0 amide bonds. The second-order valence-corrected chi connectivity index (χ2v) is 6.70. The number of likely N-dealkylation sites (tertiary alicyclic amines) is 1. The maximum atomic E-state index is 12.1. The molecule has 1 fully saturated rings. The first-order valence-electron chi connectivity index (χ1n) is 7.03. The molecule has 0 aromatic heterocycles. The molecule has 0 aliphatic carbocycles. The molecular weight excluding hydrogens is 288 g/mol. The van der Waals surface area contributed by atoms with Crippen LogP contribution in [-0.4, -0.2) is 51.2 Å². The van der Waals surface area contributed by atoms with Crippen LogP contribution < -0.4 is 4.72 Å². The minimum atomic E-state index is -3.46. The zero-order chi connectivity index (χ0) is 15.1. The monoisotopic (exact) mass is 308 g/mol. The SMILES string of the molecule is O=S(=O)(NCCN1CCCC1)c1ccc(C#CCO)cc1. The molecule has 1 aromatic rings. The van der Waals surface area contributed by atoms with Crippen molar-refractivity contribution in [3.05, 3.63) is 29.8 Å². The molecule has 6 heteroatoms. The standard InChI is InChI=1S/C15H20N2O3S/c18-13-3-4-14-5-7-15(8-6-14)21(19,20)16-9-12-17-10-1-2-11-17/h5-8,16,18H,1-2,9-13H2. The zero-order valence-electron chi connectivity index (χ0n) is 11.9. The minimum absolute atomic E-state index is 0.210. The summed E-state index contributed by atoms with van der Waals surface area (Å²) in [7, 11) is -3.46. The Morgan fingerprint density at radius 1 is 1.19 bits per heavy atom. The van der Waals surface area contributed by atoms with Crippen molar-refractivity contribution in [2.75, 3.05) is 32.8 Å². The summed E-state index contributed by atoms with van der Waals surface area (Å²) in [5.41, 5.74) is 0.681. The van der Waals surface area contributed by atoms with Gasteiger partial charge in [-0.1, -0.05) is 11.8 Å². The Morgan fingerprint density at radius 3 is 2.48 bits per heavy atom. The molecule has 1 saturated heterocycles. The molecule has 0 saturated carbocycles. The number of sulfonamides is 1. The second kappa shape index (κ2) is 7.57. The van der Waals surface area contributed by atoms with Gasteiger partial charge in [0, 0.05) is 18.7 Å². The van der Waals surface area contributed by atoms with E-state index in [1.165, 1.54) is 25.0 Å². The Bertz CT molecular complexity index is 609.